The van der Waals surface area contributed by atoms with Crippen LogP contribution < -0.4 is 5.73 Å². The maximum absolute atomic E-state index is 8.80. The van der Waals surface area contributed by atoms with E-state index in [0.717, 1.165) is 16.6 Å². The van der Waals surface area contributed by atoms with Crippen LogP contribution in [0.15, 0.2) is 36.4 Å². The number of nitrogens with two attached hydrogens (primary N) is 1. The van der Waals surface area contributed by atoms with Crippen molar-refractivity contribution in [2.75, 3.05) is 6.61 Å². The van der Waals surface area contributed by atoms with Gasteiger partial charge in [-0.3, -0.25) is 4.98 Å². The Kier molecular flexibility index (Phi) is 4.68. The first-order valence-corrected chi connectivity index (χ1v) is 5.03. The summed E-state index contributed by atoms with van der Waals surface area (Å²) in [5, 5.41) is 9.91. The molecule has 2 aromatic rings. The average molecular weight is 239 g/mol. The standard InChI is InChI=1S/C12H14N2O.ClH/c13-10(7-8-15)12-6-5-9-3-1-2-4-11(9)14-12;/h1-6,10,15H,7-8,13H2;1H/t10-;/m1./s1. The van der Waals surface area contributed by atoms with Gasteiger partial charge in [-0.05, 0) is 18.6 Å². The molecule has 1 aromatic carbocycles. The molecule has 0 fully saturated rings. The Balaban J connectivity index is 0.00000128. The van der Waals surface area contributed by atoms with E-state index in [1.165, 1.54) is 0 Å². The lowest BCUT2D eigenvalue weighted by molar-refractivity contribution is 0.275. The fourth-order valence-electron chi connectivity index (χ4n) is 1.58. The number of benzene rings is 1. The first kappa shape index (κ1) is 12.9. The van der Waals surface area contributed by atoms with Gasteiger partial charge in [-0.25, -0.2) is 0 Å². The van der Waals surface area contributed by atoms with E-state index in [9.17, 15) is 0 Å². The molecule has 0 saturated heterocycles. The summed E-state index contributed by atoms with van der Waals surface area (Å²) in [6.07, 6.45) is 0.547. The van der Waals surface area contributed by atoms with E-state index >= 15 is 0 Å². The molecule has 0 spiro atoms. The number of pyridine rings is 1. The van der Waals surface area contributed by atoms with Crippen molar-refractivity contribution in [3.63, 3.8) is 0 Å². The van der Waals surface area contributed by atoms with Crippen molar-refractivity contribution in [3.8, 4) is 0 Å². The highest BCUT2D eigenvalue weighted by atomic mass is 35.5. The summed E-state index contributed by atoms with van der Waals surface area (Å²) in [6.45, 7) is 0.0929. The lowest BCUT2D eigenvalue weighted by Gasteiger charge is -2.09. The van der Waals surface area contributed by atoms with E-state index in [1.807, 2.05) is 36.4 Å². The Morgan fingerprint density at radius 1 is 1.19 bits per heavy atom. The molecule has 16 heavy (non-hydrogen) atoms. The molecule has 1 atom stereocenters. The first-order valence-electron chi connectivity index (χ1n) is 5.03. The van der Waals surface area contributed by atoms with Crippen LogP contribution in [0.1, 0.15) is 18.2 Å². The smallest absolute Gasteiger partial charge is 0.0706 e. The van der Waals surface area contributed by atoms with Crippen LogP contribution in [0.4, 0.5) is 0 Å². The minimum Gasteiger partial charge on any atom is -0.396 e. The summed E-state index contributed by atoms with van der Waals surface area (Å²) in [5.74, 6) is 0. The SMILES string of the molecule is Cl.N[C@H](CCO)c1ccc2ccccc2n1. The van der Waals surface area contributed by atoms with Crippen molar-refractivity contribution >= 4 is 23.3 Å². The van der Waals surface area contributed by atoms with Crippen molar-refractivity contribution in [1.29, 1.82) is 0 Å². The van der Waals surface area contributed by atoms with Gasteiger partial charge < -0.3 is 10.8 Å². The van der Waals surface area contributed by atoms with E-state index in [2.05, 4.69) is 4.98 Å². The zero-order chi connectivity index (χ0) is 10.7. The molecule has 0 bridgehead atoms. The average Bonchev–Trinajstić information content (AvgIpc) is 2.29. The van der Waals surface area contributed by atoms with E-state index in [0.29, 0.717) is 6.42 Å². The molecule has 3 N–H and O–H groups in total. The van der Waals surface area contributed by atoms with Gasteiger partial charge in [-0.1, -0.05) is 24.3 Å². The summed E-state index contributed by atoms with van der Waals surface area (Å²) in [4.78, 5) is 4.46. The van der Waals surface area contributed by atoms with Gasteiger partial charge in [0.2, 0.25) is 0 Å². The predicted octanol–water partition coefficient (Wildman–Crippen LogP) is 2.04. The monoisotopic (exact) mass is 238 g/mol. The van der Waals surface area contributed by atoms with Crippen molar-refractivity contribution in [1.82, 2.24) is 4.98 Å². The Hall–Kier alpha value is -1.16. The summed E-state index contributed by atoms with van der Waals surface area (Å²) in [5.41, 5.74) is 7.66. The lowest BCUT2D eigenvalue weighted by atomic mass is 10.1. The molecule has 1 aromatic heterocycles. The molecule has 0 aliphatic rings. The van der Waals surface area contributed by atoms with Crippen LogP contribution in [0.25, 0.3) is 10.9 Å². The molecular weight excluding hydrogens is 224 g/mol. The first-order chi connectivity index (χ1) is 7.31. The highest BCUT2D eigenvalue weighted by Crippen LogP contribution is 2.16. The molecule has 0 unspecified atom stereocenters. The zero-order valence-electron chi connectivity index (χ0n) is 8.84. The number of hydrogen-bond acceptors (Lipinski definition) is 3. The second-order valence-corrected chi connectivity index (χ2v) is 3.55. The molecule has 86 valence electrons. The fraction of sp³-hybridized carbons (Fsp3) is 0.250. The summed E-state index contributed by atoms with van der Waals surface area (Å²) in [7, 11) is 0. The van der Waals surface area contributed by atoms with Gasteiger partial charge in [0.25, 0.3) is 0 Å². The van der Waals surface area contributed by atoms with Crippen LogP contribution in [0, 0.1) is 0 Å². The summed E-state index contributed by atoms with van der Waals surface area (Å²) < 4.78 is 0. The third-order valence-corrected chi connectivity index (χ3v) is 2.44. The van der Waals surface area contributed by atoms with Crippen LogP contribution in [-0.2, 0) is 0 Å². The number of halogens is 1. The number of aliphatic hydroxyl groups excluding tert-OH is 1. The van der Waals surface area contributed by atoms with Crippen LogP contribution >= 0.6 is 12.4 Å². The maximum atomic E-state index is 8.80. The molecule has 0 radical (unpaired) electrons. The summed E-state index contributed by atoms with van der Waals surface area (Å²) >= 11 is 0. The predicted molar refractivity (Wildman–Crippen MR) is 67.6 cm³/mol. The number of nitrogens with zero attached hydrogens (tertiary/aromatic N) is 1. The molecular formula is C12H15ClN2O. The third kappa shape index (κ3) is 2.70. The number of rotatable bonds is 3. The molecule has 1 heterocycles. The van der Waals surface area contributed by atoms with Gasteiger partial charge in [-0.2, -0.15) is 0 Å². The van der Waals surface area contributed by atoms with E-state index in [1.54, 1.807) is 0 Å². The normalized spacial score (nSPS) is 12.1. The van der Waals surface area contributed by atoms with Crippen LogP contribution in [0.3, 0.4) is 0 Å². The maximum Gasteiger partial charge on any atom is 0.0706 e. The minimum atomic E-state index is -0.181. The lowest BCUT2D eigenvalue weighted by Crippen LogP contribution is -2.13. The van der Waals surface area contributed by atoms with Crippen LogP contribution in [0.2, 0.25) is 0 Å². The van der Waals surface area contributed by atoms with Gasteiger partial charge >= 0.3 is 0 Å². The van der Waals surface area contributed by atoms with Gasteiger partial charge in [0, 0.05) is 18.0 Å². The minimum absolute atomic E-state index is 0. The Morgan fingerprint density at radius 3 is 2.69 bits per heavy atom. The quantitative estimate of drug-likeness (QED) is 0.860. The molecule has 3 nitrogen and oxygen atoms in total. The molecule has 0 amide bonds. The molecule has 0 aliphatic heterocycles. The highest BCUT2D eigenvalue weighted by Gasteiger charge is 2.06. The Morgan fingerprint density at radius 2 is 1.94 bits per heavy atom. The number of aromatic nitrogens is 1. The van der Waals surface area contributed by atoms with Gasteiger partial charge in [-0.15, -0.1) is 12.4 Å². The van der Waals surface area contributed by atoms with Crippen LogP contribution in [0.5, 0.6) is 0 Å². The number of hydrogen-bond donors (Lipinski definition) is 2. The zero-order valence-corrected chi connectivity index (χ0v) is 9.65. The Bertz CT molecular complexity index is 461. The fourth-order valence-corrected chi connectivity index (χ4v) is 1.58. The summed E-state index contributed by atoms with van der Waals surface area (Å²) in [6, 6.07) is 11.7. The van der Waals surface area contributed by atoms with Crippen molar-refractivity contribution < 1.29 is 5.11 Å². The molecule has 0 saturated carbocycles. The topological polar surface area (TPSA) is 59.1 Å². The van der Waals surface area contributed by atoms with Crippen molar-refractivity contribution in [2.24, 2.45) is 5.73 Å². The molecule has 2 rings (SSSR count). The number of para-hydroxylation sites is 1. The van der Waals surface area contributed by atoms with Gasteiger partial charge in [0.1, 0.15) is 0 Å². The van der Waals surface area contributed by atoms with Crippen molar-refractivity contribution in [2.45, 2.75) is 12.5 Å². The Labute approximate surface area is 101 Å². The van der Waals surface area contributed by atoms with Crippen LogP contribution in [-0.4, -0.2) is 16.7 Å². The van der Waals surface area contributed by atoms with E-state index in [-0.39, 0.29) is 25.1 Å². The number of fused-ring (bicyclic) bond motifs is 1. The van der Waals surface area contributed by atoms with E-state index < -0.39 is 0 Å². The second kappa shape index (κ2) is 5.80. The van der Waals surface area contributed by atoms with Gasteiger partial charge in [0.15, 0.2) is 0 Å². The highest BCUT2D eigenvalue weighted by molar-refractivity contribution is 5.85. The largest absolute Gasteiger partial charge is 0.396 e. The number of aliphatic hydroxyl groups is 1. The van der Waals surface area contributed by atoms with E-state index in [4.69, 9.17) is 10.8 Å². The molecule has 4 heteroatoms. The second-order valence-electron chi connectivity index (χ2n) is 3.55. The van der Waals surface area contributed by atoms with Crippen molar-refractivity contribution in [3.05, 3.63) is 42.1 Å². The third-order valence-electron chi connectivity index (χ3n) is 2.44. The van der Waals surface area contributed by atoms with Gasteiger partial charge in [0.05, 0.1) is 11.2 Å². The molecule has 0 aliphatic carbocycles.